The van der Waals surface area contributed by atoms with Crippen LogP contribution >= 0.6 is 0 Å². The summed E-state index contributed by atoms with van der Waals surface area (Å²) in [6.45, 7) is 4.43. The third-order valence-corrected chi connectivity index (χ3v) is 3.64. The summed E-state index contributed by atoms with van der Waals surface area (Å²) >= 11 is 0. The van der Waals surface area contributed by atoms with Crippen LogP contribution in [0.1, 0.15) is 77.3 Å². The van der Waals surface area contributed by atoms with Gasteiger partial charge in [0.25, 0.3) is 0 Å². The van der Waals surface area contributed by atoms with Gasteiger partial charge in [0.2, 0.25) is 0 Å². The molecule has 1 aromatic rings. The topological polar surface area (TPSA) is 44.1 Å². The maximum Gasteiger partial charge on any atom is 0.434 e. The van der Waals surface area contributed by atoms with Gasteiger partial charge in [-0.2, -0.15) is 9.78 Å². The average molecular weight is 294 g/mol. The normalized spacial score (nSPS) is 10.8. The first-order valence-corrected chi connectivity index (χ1v) is 8.49. The molecule has 0 unspecified atom stereocenters. The molecule has 0 atom stereocenters. The highest BCUT2D eigenvalue weighted by Gasteiger charge is 2.07. The zero-order valence-corrected chi connectivity index (χ0v) is 13.6. The highest BCUT2D eigenvalue weighted by molar-refractivity contribution is 5.69. The Bertz CT molecular complexity index is 388. The Morgan fingerprint density at radius 3 is 2.29 bits per heavy atom. The highest BCUT2D eigenvalue weighted by Crippen LogP contribution is 2.11. The van der Waals surface area contributed by atoms with Crippen LogP contribution in [0.25, 0.3) is 0 Å². The molecule has 1 aromatic heterocycles. The smallest absolute Gasteiger partial charge is 0.434 e. The van der Waals surface area contributed by atoms with Crippen LogP contribution in [0.5, 0.6) is 0 Å². The average Bonchev–Trinajstić information content (AvgIpc) is 2.95. The second-order valence-corrected chi connectivity index (χ2v) is 5.53. The Hall–Kier alpha value is -1.32. The number of carbonyl (C=O) groups excluding carboxylic acids is 1. The van der Waals surface area contributed by atoms with E-state index in [2.05, 4.69) is 12.0 Å². The van der Waals surface area contributed by atoms with Crippen molar-refractivity contribution in [1.29, 1.82) is 0 Å². The number of hydrogen-bond acceptors (Lipinski definition) is 3. The van der Waals surface area contributed by atoms with Crippen molar-refractivity contribution in [3.05, 3.63) is 18.0 Å². The van der Waals surface area contributed by atoms with Crippen LogP contribution in [-0.4, -0.2) is 22.5 Å². The second-order valence-electron chi connectivity index (χ2n) is 5.53. The highest BCUT2D eigenvalue weighted by atomic mass is 16.5. The predicted octanol–water partition coefficient (Wildman–Crippen LogP) is 4.96. The molecule has 1 heterocycles. The van der Waals surface area contributed by atoms with E-state index in [0.29, 0.717) is 6.61 Å². The summed E-state index contributed by atoms with van der Waals surface area (Å²) in [5.41, 5.74) is 0.978. The Labute approximate surface area is 128 Å². The summed E-state index contributed by atoms with van der Waals surface area (Å²) in [5, 5.41) is 4.24. The lowest BCUT2D eigenvalue weighted by Crippen LogP contribution is -2.14. The molecule has 0 bridgehead atoms. The first kappa shape index (κ1) is 17.7. The van der Waals surface area contributed by atoms with Crippen LogP contribution in [-0.2, 0) is 11.2 Å². The van der Waals surface area contributed by atoms with Gasteiger partial charge in [0.15, 0.2) is 0 Å². The van der Waals surface area contributed by atoms with Gasteiger partial charge in [-0.15, -0.1) is 0 Å². The van der Waals surface area contributed by atoms with Crippen LogP contribution < -0.4 is 0 Å². The number of carbonyl (C=O) groups is 1. The van der Waals surface area contributed by atoms with E-state index in [-0.39, 0.29) is 0 Å². The maximum atomic E-state index is 11.5. The minimum Gasteiger partial charge on any atom is -0.448 e. The van der Waals surface area contributed by atoms with Gasteiger partial charge in [-0.3, -0.25) is 0 Å². The lowest BCUT2D eigenvalue weighted by molar-refractivity contribution is 0.150. The van der Waals surface area contributed by atoms with Crippen LogP contribution in [0.3, 0.4) is 0 Å². The number of nitrogens with zero attached hydrogens (tertiary/aromatic N) is 2. The molecule has 4 nitrogen and oxygen atoms in total. The van der Waals surface area contributed by atoms with E-state index in [1.165, 1.54) is 56.0 Å². The summed E-state index contributed by atoms with van der Waals surface area (Å²) in [7, 11) is 0. The summed E-state index contributed by atoms with van der Waals surface area (Å²) in [6.07, 6.45) is 14.1. The number of rotatable bonds is 11. The summed E-state index contributed by atoms with van der Waals surface area (Å²) < 4.78 is 6.18. The lowest BCUT2D eigenvalue weighted by Gasteiger charge is -2.01. The number of ether oxygens (including phenoxy) is 1. The Morgan fingerprint density at radius 1 is 1.05 bits per heavy atom. The molecule has 0 saturated heterocycles. The summed E-state index contributed by atoms with van der Waals surface area (Å²) in [5.74, 6) is 0. The molecule has 0 amide bonds. The first-order valence-electron chi connectivity index (χ1n) is 8.49. The van der Waals surface area contributed by atoms with Crippen LogP contribution in [0.15, 0.2) is 12.3 Å². The molecule has 0 aliphatic rings. The van der Waals surface area contributed by atoms with E-state index in [4.69, 9.17) is 4.74 Å². The van der Waals surface area contributed by atoms with Gasteiger partial charge in [0, 0.05) is 6.20 Å². The van der Waals surface area contributed by atoms with Crippen molar-refractivity contribution in [3.63, 3.8) is 0 Å². The van der Waals surface area contributed by atoms with Gasteiger partial charge >= 0.3 is 6.09 Å². The van der Waals surface area contributed by atoms with Crippen molar-refractivity contribution in [3.8, 4) is 0 Å². The maximum absolute atomic E-state index is 11.5. The van der Waals surface area contributed by atoms with Crippen molar-refractivity contribution in [2.75, 3.05) is 6.61 Å². The van der Waals surface area contributed by atoms with Crippen LogP contribution in [0.4, 0.5) is 4.79 Å². The van der Waals surface area contributed by atoms with Crippen LogP contribution in [0.2, 0.25) is 0 Å². The van der Waals surface area contributed by atoms with Gasteiger partial charge in [0.05, 0.1) is 12.3 Å². The zero-order chi connectivity index (χ0) is 15.3. The monoisotopic (exact) mass is 294 g/mol. The number of unbranched alkanes of at least 4 members (excludes halogenated alkanes) is 8. The van der Waals surface area contributed by atoms with E-state index in [0.717, 1.165) is 18.5 Å². The molecule has 4 heteroatoms. The van der Waals surface area contributed by atoms with Gasteiger partial charge in [-0.25, -0.2) is 4.79 Å². The minimum atomic E-state index is -0.393. The molecule has 0 aliphatic carbocycles. The minimum absolute atomic E-state index is 0.381. The molecule has 21 heavy (non-hydrogen) atoms. The van der Waals surface area contributed by atoms with E-state index < -0.39 is 6.09 Å². The Morgan fingerprint density at radius 2 is 1.67 bits per heavy atom. The molecule has 0 N–H and O–H groups in total. The third-order valence-electron chi connectivity index (χ3n) is 3.64. The molecule has 0 fully saturated rings. The number of hydrogen-bond donors (Lipinski definition) is 0. The molecule has 0 radical (unpaired) electrons. The Kier molecular flexibility index (Phi) is 9.58. The quantitative estimate of drug-likeness (QED) is 0.542. The van der Waals surface area contributed by atoms with Crippen LogP contribution in [0, 0.1) is 0 Å². The van der Waals surface area contributed by atoms with Gasteiger partial charge < -0.3 is 4.74 Å². The molecule has 0 spiro atoms. The van der Waals surface area contributed by atoms with Gasteiger partial charge in [-0.05, 0) is 25.8 Å². The standard InChI is InChI=1S/C17H30N2O2/c1-3-5-6-7-8-9-10-11-12-13-16-14-15-19(18-16)17(20)21-4-2/h14-15H,3-13H2,1-2H3. The fourth-order valence-corrected chi connectivity index (χ4v) is 2.40. The second kappa shape index (κ2) is 11.4. The fraction of sp³-hybridized carbons (Fsp3) is 0.765. The van der Waals surface area contributed by atoms with E-state index in [1.807, 2.05) is 6.07 Å². The Balaban J connectivity index is 2.04. The SMILES string of the molecule is CCCCCCCCCCCc1ccn(C(=O)OCC)n1. The number of aromatic nitrogens is 2. The van der Waals surface area contributed by atoms with E-state index >= 15 is 0 Å². The largest absolute Gasteiger partial charge is 0.448 e. The molecular formula is C17H30N2O2. The lowest BCUT2D eigenvalue weighted by atomic mass is 10.1. The van der Waals surface area contributed by atoms with Crippen molar-refractivity contribution in [2.24, 2.45) is 0 Å². The van der Waals surface area contributed by atoms with Gasteiger partial charge in [0.1, 0.15) is 0 Å². The molecule has 0 aliphatic heterocycles. The van der Waals surface area contributed by atoms with Crippen molar-refractivity contribution in [2.45, 2.75) is 78.1 Å². The van der Waals surface area contributed by atoms with E-state index in [9.17, 15) is 4.79 Å². The van der Waals surface area contributed by atoms with Crippen molar-refractivity contribution >= 4 is 6.09 Å². The summed E-state index contributed by atoms with van der Waals surface area (Å²) in [4.78, 5) is 11.5. The molecule has 0 saturated carbocycles. The van der Waals surface area contributed by atoms with E-state index in [1.54, 1.807) is 13.1 Å². The summed E-state index contributed by atoms with van der Waals surface area (Å²) in [6, 6.07) is 1.90. The molecule has 0 aromatic carbocycles. The van der Waals surface area contributed by atoms with Gasteiger partial charge in [-0.1, -0.05) is 58.3 Å². The van der Waals surface area contributed by atoms with Crippen molar-refractivity contribution in [1.82, 2.24) is 9.78 Å². The third kappa shape index (κ3) is 7.88. The zero-order valence-electron chi connectivity index (χ0n) is 13.6. The van der Waals surface area contributed by atoms with Crippen molar-refractivity contribution < 1.29 is 9.53 Å². The fourth-order valence-electron chi connectivity index (χ4n) is 2.40. The first-order chi connectivity index (χ1) is 10.3. The molecule has 1 rings (SSSR count). The predicted molar refractivity (Wildman–Crippen MR) is 85.6 cm³/mol. The number of aryl methyl sites for hydroxylation is 1. The molecule has 120 valence electrons. The molecular weight excluding hydrogens is 264 g/mol.